The van der Waals surface area contributed by atoms with Crippen LogP contribution in [0.25, 0.3) is 10.4 Å². The average Bonchev–Trinajstić information content (AvgIpc) is 2.74. The number of aromatic hydroxyl groups is 1. The Morgan fingerprint density at radius 2 is 2.00 bits per heavy atom. The summed E-state index contributed by atoms with van der Waals surface area (Å²) in [6.07, 6.45) is 0. The second-order valence-electron chi connectivity index (χ2n) is 4.34. The van der Waals surface area contributed by atoms with Crippen molar-refractivity contribution in [2.24, 2.45) is 10.9 Å². The van der Waals surface area contributed by atoms with Gasteiger partial charge in [0, 0.05) is 5.38 Å². The van der Waals surface area contributed by atoms with Gasteiger partial charge in [0.25, 0.3) is 0 Å². The average molecular weight is 260 g/mol. The van der Waals surface area contributed by atoms with Crippen molar-refractivity contribution in [2.45, 2.75) is 20.8 Å². The minimum Gasteiger partial charge on any atom is -0.506 e. The van der Waals surface area contributed by atoms with Gasteiger partial charge in [-0.1, -0.05) is 18.2 Å². The summed E-state index contributed by atoms with van der Waals surface area (Å²) in [6, 6.07) is 6.17. The fourth-order valence-corrected chi connectivity index (χ4v) is 2.77. The highest BCUT2D eigenvalue weighted by atomic mass is 32.1. The highest BCUT2D eigenvalue weighted by Crippen LogP contribution is 2.39. The number of hydrogen-bond donors (Lipinski definition) is 2. The molecule has 18 heavy (non-hydrogen) atoms. The minimum atomic E-state index is 0.259. The van der Waals surface area contributed by atoms with E-state index in [2.05, 4.69) is 31.1 Å². The maximum absolute atomic E-state index is 10.2. The van der Waals surface area contributed by atoms with Gasteiger partial charge in [0.15, 0.2) is 0 Å². The fraction of sp³-hybridized carbons (Fsp3) is 0.214. The lowest BCUT2D eigenvalue weighted by Gasteiger charge is -2.04. The van der Waals surface area contributed by atoms with E-state index in [0.29, 0.717) is 11.3 Å². The third kappa shape index (κ3) is 2.11. The zero-order valence-electron chi connectivity index (χ0n) is 10.7. The number of nitrogens with two attached hydrogens (primary N) is 1. The first-order valence-corrected chi connectivity index (χ1v) is 6.55. The van der Waals surface area contributed by atoms with E-state index in [1.54, 1.807) is 6.92 Å². The van der Waals surface area contributed by atoms with E-state index < -0.39 is 0 Å². The SMILES string of the molecule is C/C(=N\N)c1csc(-c2ccc(C)c(C)c2)c1O. The summed E-state index contributed by atoms with van der Waals surface area (Å²) < 4.78 is 0. The number of hydrazone groups is 1. The van der Waals surface area contributed by atoms with E-state index in [1.807, 2.05) is 11.4 Å². The summed E-state index contributed by atoms with van der Waals surface area (Å²) in [7, 11) is 0. The lowest BCUT2D eigenvalue weighted by atomic mass is 10.0. The molecular weight excluding hydrogens is 244 g/mol. The molecule has 3 N–H and O–H groups in total. The molecule has 0 aliphatic carbocycles. The van der Waals surface area contributed by atoms with Crippen LogP contribution in [0.15, 0.2) is 28.7 Å². The van der Waals surface area contributed by atoms with Crippen LogP contribution >= 0.6 is 11.3 Å². The Bertz CT molecular complexity index is 614. The molecule has 0 bridgehead atoms. The third-order valence-corrected chi connectivity index (χ3v) is 4.14. The second-order valence-corrected chi connectivity index (χ2v) is 5.22. The topological polar surface area (TPSA) is 58.6 Å². The van der Waals surface area contributed by atoms with Gasteiger partial charge in [-0.2, -0.15) is 5.10 Å². The Kier molecular flexibility index (Phi) is 3.39. The van der Waals surface area contributed by atoms with Crippen molar-refractivity contribution >= 4 is 17.0 Å². The van der Waals surface area contributed by atoms with E-state index in [0.717, 1.165) is 10.4 Å². The van der Waals surface area contributed by atoms with Gasteiger partial charge in [0.1, 0.15) is 5.75 Å². The van der Waals surface area contributed by atoms with E-state index >= 15 is 0 Å². The van der Waals surface area contributed by atoms with Gasteiger partial charge in [-0.25, -0.2) is 0 Å². The molecule has 0 radical (unpaired) electrons. The van der Waals surface area contributed by atoms with Crippen LogP contribution in [0.2, 0.25) is 0 Å². The fourth-order valence-electron chi connectivity index (χ4n) is 1.77. The van der Waals surface area contributed by atoms with Crippen molar-refractivity contribution in [1.82, 2.24) is 0 Å². The van der Waals surface area contributed by atoms with Crippen LogP contribution in [-0.4, -0.2) is 10.8 Å². The Hall–Kier alpha value is -1.81. The van der Waals surface area contributed by atoms with Crippen molar-refractivity contribution in [3.8, 4) is 16.2 Å². The zero-order valence-corrected chi connectivity index (χ0v) is 11.5. The van der Waals surface area contributed by atoms with Gasteiger partial charge in [0.2, 0.25) is 0 Å². The van der Waals surface area contributed by atoms with Crippen molar-refractivity contribution in [2.75, 3.05) is 0 Å². The molecule has 0 amide bonds. The molecule has 0 saturated heterocycles. The van der Waals surface area contributed by atoms with E-state index in [-0.39, 0.29) is 5.75 Å². The highest BCUT2D eigenvalue weighted by Gasteiger charge is 2.14. The molecule has 0 aliphatic rings. The lowest BCUT2D eigenvalue weighted by Crippen LogP contribution is -1.96. The molecule has 1 heterocycles. The molecule has 2 rings (SSSR count). The van der Waals surface area contributed by atoms with Gasteiger partial charge in [-0.3, -0.25) is 0 Å². The molecule has 0 fully saturated rings. The van der Waals surface area contributed by atoms with Gasteiger partial charge >= 0.3 is 0 Å². The molecule has 94 valence electrons. The normalized spacial score (nSPS) is 11.8. The summed E-state index contributed by atoms with van der Waals surface area (Å²) in [6.45, 7) is 5.92. The molecule has 1 aromatic carbocycles. The Balaban J connectivity index is 2.52. The predicted octanol–water partition coefficient (Wildman–Crippen LogP) is 3.42. The van der Waals surface area contributed by atoms with Crippen LogP contribution in [-0.2, 0) is 0 Å². The number of aryl methyl sites for hydroxylation is 2. The lowest BCUT2D eigenvalue weighted by molar-refractivity contribution is 0.478. The first-order chi connectivity index (χ1) is 8.54. The van der Waals surface area contributed by atoms with Crippen molar-refractivity contribution in [1.29, 1.82) is 0 Å². The van der Waals surface area contributed by atoms with Crippen LogP contribution in [0.5, 0.6) is 5.75 Å². The monoisotopic (exact) mass is 260 g/mol. The summed E-state index contributed by atoms with van der Waals surface area (Å²) in [5.74, 6) is 5.51. The maximum atomic E-state index is 10.2. The van der Waals surface area contributed by atoms with Gasteiger partial charge in [-0.05, 0) is 37.5 Å². The highest BCUT2D eigenvalue weighted by molar-refractivity contribution is 7.14. The van der Waals surface area contributed by atoms with E-state index in [9.17, 15) is 5.11 Å². The Morgan fingerprint density at radius 1 is 1.28 bits per heavy atom. The summed E-state index contributed by atoms with van der Waals surface area (Å²) in [5, 5.41) is 15.7. The van der Waals surface area contributed by atoms with Gasteiger partial charge in [-0.15, -0.1) is 11.3 Å². The van der Waals surface area contributed by atoms with Gasteiger partial charge in [0.05, 0.1) is 16.2 Å². The summed E-state index contributed by atoms with van der Waals surface area (Å²) in [5.41, 5.74) is 4.83. The van der Waals surface area contributed by atoms with E-state index in [4.69, 9.17) is 5.84 Å². The Labute approximate surface area is 111 Å². The van der Waals surface area contributed by atoms with Crippen molar-refractivity contribution in [3.63, 3.8) is 0 Å². The number of thiophene rings is 1. The molecule has 0 atom stereocenters. The molecular formula is C14H16N2OS. The molecule has 0 unspecified atom stereocenters. The molecule has 0 spiro atoms. The number of hydrogen-bond acceptors (Lipinski definition) is 4. The quantitative estimate of drug-likeness (QED) is 0.494. The Morgan fingerprint density at radius 3 is 2.61 bits per heavy atom. The van der Waals surface area contributed by atoms with Crippen molar-refractivity contribution < 1.29 is 5.11 Å². The summed E-state index contributed by atoms with van der Waals surface area (Å²) in [4.78, 5) is 0.858. The van der Waals surface area contributed by atoms with Crippen LogP contribution in [0.4, 0.5) is 0 Å². The van der Waals surface area contributed by atoms with E-state index in [1.165, 1.54) is 22.5 Å². The molecule has 1 aromatic heterocycles. The predicted molar refractivity (Wildman–Crippen MR) is 77.3 cm³/mol. The van der Waals surface area contributed by atoms with Crippen LogP contribution in [0.1, 0.15) is 23.6 Å². The van der Waals surface area contributed by atoms with Crippen LogP contribution in [0, 0.1) is 13.8 Å². The van der Waals surface area contributed by atoms with Crippen LogP contribution < -0.4 is 5.84 Å². The first-order valence-electron chi connectivity index (χ1n) is 5.67. The molecule has 4 heteroatoms. The molecule has 3 nitrogen and oxygen atoms in total. The first kappa shape index (κ1) is 12.6. The second kappa shape index (κ2) is 4.82. The maximum Gasteiger partial charge on any atom is 0.143 e. The standard InChI is InChI=1S/C14H16N2OS/c1-8-4-5-11(6-9(8)2)14-13(17)12(7-18-14)10(3)16-15/h4-7,17H,15H2,1-3H3/b16-10+. The largest absolute Gasteiger partial charge is 0.506 e. The molecule has 0 aliphatic heterocycles. The summed E-state index contributed by atoms with van der Waals surface area (Å²) >= 11 is 1.50. The minimum absolute atomic E-state index is 0.259. The zero-order chi connectivity index (χ0) is 13.3. The molecule has 0 saturated carbocycles. The number of nitrogens with zero attached hydrogens (tertiary/aromatic N) is 1. The van der Waals surface area contributed by atoms with Crippen molar-refractivity contribution in [3.05, 3.63) is 40.3 Å². The van der Waals surface area contributed by atoms with Gasteiger partial charge < -0.3 is 10.9 Å². The number of rotatable bonds is 2. The number of benzene rings is 1. The van der Waals surface area contributed by atoms with Crippen LogP contribution in [0.3, 0.4) is 0 Å². The molecule has 2 aromatic rings. The smallest absolute Gasteiger partial charge is 0.143 e. The third-order valence-electron chi connectivity index (χ3n) is 3.12.